The quantitative estimate of drug-likeness (QED) is 0.943. The van der Waals surface area contributed by atoms with Gasteiger partial charge in [0.05, 0.1) is 20.4 Å². The van der Waals surface area contributed by atoms with Gasteiger partial charge in [0.15, 0.2) is 11.5 Å². The summed E-state index contributed by atoms with van der Waals surface area (Å²) in [6.45, 7) is 0. The van der Waals surface area contributed by atoms with Gasteiger partial charge in [-0.3, -0.25) is 0 Å². The monoisotopic (exact) mass is 309 g/mol. The van der Waals surface area contributed by atoms with Crippen molar-refractivity contribution in [1.82, 2.24) is 9.97 Å². The number of halogens is 1. The van der Waals surface area contributed by atoms with Crippen LogP contribution in [0, 0.1) is 0 Å². The maximum atomic E-state index is 5.82. The molecule has 0 unspecified atom stereocenters. The normalized spacial score (nSPS) is 10.2. The Balaban J connectivity index is 2.54. The summed E-state index contributed by atoms with van der Waals surface area (Å²) in [4.78, 5) is 8.36. The van der Waals surface area contributed by atoms with Crippen molar-refractivity contribution >= 4 is 21.7 Å². The van der Waals surface area contributed by atoms with Crippen molar-refractivity contribution < 1.29 is 9.47 Å². The number of nitrogen functional groups attached to an aromatic ring is 1. The number of methoxy groups -OCH3 is 2. The van der Waals surface area contributed by atoms with E-state index in [-0.39, 0.29) is 0 Å². The van der Waals surface area contributed by atoms with E-state index in [1.165, 1.54) is 0 Å². The Hall–Kier alpha value is -1.82. The molecule has 1 aromatic carbocycles. The van der Waals surface area contributed by atoms with Gasteiger partial charge in [-0.25, -0.2) is 9.97 Å². The van der Waals surface area contributed by atoms with E-state index in [0.29, 0.717) is 27.6 Å². The van der Waals surface area contributed by atoms with Crippen LogP contribution in [0.25, 0.3) is 11.3 Å². The minimum Gasteiger partial charge on any atom is -0.493 e. The van der Waals surface area contributed by atoms with Crippen LogP contribution in [0.3, 0.4) is 0 Å². The van der Waals surface area contributed by atoms with E-state index in [1.54, 1.807) is 26.5 Å². The summed E-state index contributed by atoms with van der Waals surface area (Å²) in [5, 5.41) is 0. The van der Waals surface area contributed by atoms with E-state index >= 15 is 0 Å². The van der Waals surface area contributed by atoms with E-state index in [0.717, 1.165) is 5.56 Å². The average molecular weight is 310 g/mol. The first-order valence-electron chi connectivity index (χ1n) is 5.16. The van der Waals surface area contributed by atoms with Gasteiger partial charge >= 0.3 is 0 Å². The topological polar surface area (TPSA) is 70.3 Å². The van der Waals surface area contributed by atoms with Crippen LogP contribution in [0.1, 0.15) is 0 Å². The Kier molecular flexibility index (Phi) is 3.66. The number of nitrogens with zero attached hydrogens (tertiary/aromatic N) is 2. The Morgan fingerprint density at radius 3 is 2.56 bits per heavy atom. The maximum Gasteiger partial charge on any atom is 0.161 e. The molecular weight excluding hydrogens is 298 g/mol. The second kappa shape index (κ2) is 5.22. The van der Waals surface area contributed by atoms with Crippen LogP contribution in [0.2, 0.25) is 0 Å². The smallest absolute Gasteiger partial charge is 0.161 e. The Bertz CT molecular complexity index is 575. The summed E-state index contributed by atoms with van der Waals surface area (Å²) < 4.78 is 11.0. The standard InChI is InChI=1S/C12H12BrN3O2/c1-17-8-4-3-7(5-9(8)18-2)11-12(14)15-6-10(13)16-11/h3-6H,1-2H3,(H2,14,15). The molecule has 2 aromatic rings. The molecule has 0 bridgehead atoms. The van der Waals surface area contributed by atoms with Gasteiger partial charge in [0, 0.05) is 5.56 Å². The number of hydrogen-bond donors (Lipinski definition) is 1. The molecule has 0 saturated heterocycles. The summed E-state index contributed by atoms with van der Waals surface area (Å²) in [6.07, 6.45) is 1.56. The van der Waals surface area contributed by atoms with E-state index < -0.39 is 0 Å². The molecule has 94 valence electrons. The molecule has 0 radical (unpaired) electrons. The highest BCUT2D eigenvalue weighted by molar-refractivity contribution is 9.10. The van der Waals surface area contributed by atoms with Crippen LogP contribution in [0.15, 0.2) is 29.0 Å². The average Bonchev–Trinajstić information content (AvgIpc) is 2.40. The molecule has 6 heteroatoms. The molecule has 2 N–H and O–H groups in total. The zero-order valence-electron chi connectivity index (χ0n) is 9.98. The minimum atomic E-state index is 0.366. The Morgan fingerprint density at radius 1 is 1.17 bits per heavy atom. The second-order valence-electron chi connectivity index (χ2n) is 3.50. The molecule has 0 fully saturated rings. The van der Waals surface area contributed by atoms with Crippen LogP contribution in [0.4, 0.5) is 5.82 Å². The molecule has 1 heterocycles. The van der Waals surface area contributed by atoms with Crippen LogP contribution >= 0.6 is 15.9 Å². The number of rotatable bonds is 3. The highest BCUT2D eigenvalue weighted by Gasteiger charge is 2.10. The largest absolute Gasteiger partial charge is 0.493 e. The number of benzene rings is 1. The van der Waals surface area contributed by atoms with Gasteiger partial charge in [-0.15, -0.1) is 0 Å². The Morgan fingerprint density at radius 2 is 1.89 bits per heavy atom. The first kappa shape index (κ1) is 12.6. The summed E-state index contributed by atoms with van der Waals surface area (Å²) in [6, 6.07) is 5.47. The van der Waals surface area contributed by atoms with Crippen LogP contribution in [0.5, 0.6) is 11.5 Å². The number of aromatic nitrogens is 2. The first-order valence-corrected chi connectivity index (χ1v) is 5.95. The lowest BCUT2D eigenvalue weighted by Crippen LogP contribution is -1.98. The zero-order chi connectivity index (χ0) is 13.1. The summed E-state index contributed by atoms with van der Waals surface area (Å²) in [5.74, 6) is 1.64. The molecule has 0 saturated carbocycles. The van der Waals surface area contributed by atoms with Crippen molar-refractivity contribution in [2.75, 3.05) is 20.0 Å². The van der Waals surface area contributed by atoms with Gasteiger partial charge in [-0.05, 0) is 34.1 Å². The molecule has 2 rings (SSSR count). The molecule has 1 aromatic heterocycles. The van der Waals surface area contributed by atoms with Crippen molar-refractivity contribution in [1.29, 1.82) is 0 Å². The number of anilines is 1. The van der Waals surface area contributed by atoms with Crippen LogP contribution in [-0.4, -0.2) is 24.2 Å². The van der Waals surface area contributed by atoms with Crippen molar-refractivity contribution in [3.8, 4) is 22.8 Å². The predicted octanol–water partition coefficient (Wildman–Crippen LogP) is 2.51. The first-order chi connectivity index (χ1) is 8.65. The fourth-order valence-electron chi connectivity index (χ4n) is 1.57. The molecule has 0 atom stereocenters. The van der Waals surface area contributed by atoms with Crippen molar-refractivity contribution in [3.63, 3.8) is 0 Å². The van der Waals surface area contributed by atoms with Crippen molar-refractivity contribution in [3.05, 3.63) is 29.0 Å². The highest BCUT2D eigenvalue weighted by atomic mass is 79.9. The lowest BCUT2D eigenvalue weighted by molar-refractivity contribution is 0.355. The third-order valence-corrected chi connectivity index (χ3v) is 2.81. The molecule has 18 heavy (non-hydrogen) atoms. The summed E-state index contributed by atoms with van der Waals surface area (Å²) in [5.41, 5.74) is 7.24. The van der Waals surface area contributed by atoms with Gasteiger partial charge < -0.3 is 15.2 Å². The van der Waals surface area contributed by atoms with E-state index in [9.17, 15) is 0 Å². The lowest BCUT2D eigenvalue weighted by atomic mass is 10.1. The third-order valence-electron chi connectivity index (χ3n) is 2.43. The lowest BCUT2D eigenvalue weighted by Gasteiger charge is -2.10. The second-order valence-corrected chi connectivity index (χ2v) is 4.31. The van der Waals surface area contributed by atoms with E-state index in [4.69, 9.17) is 15.2 Å². The van der Waals surface area contributed by atoms with Gasteiger partial charge in [0.25, 0.3) is 0 Å². The maximum absolute atomic E-state index is 5.82. The summed E-state index contributed by atoms with van der Waals surface area (Å²) in [7, 11) is 3.17. The molecule has 0 spiro atoms. The van der Waals surface area contributed by atoms with Crippen LogP contribution < -0.4 is 15.2 Å². The van der Waals surface area contributed by atoms with Gasteiger partial charge in [0.2, 0.25) is 0 Å². The molecule has 0 aliphatic heterocycles. The van der Waals surface area contributed by atoms with E-state index in [2.05, 4.69) is 25.9 Å². The van der Waals surface area contributed by atoms with Gasteiger partial charge in [-0.2, -0.15) is 0 Å². The predicted molar refractivity (Wildman–Crippen MR) is 72.7 cm³/mol. The Labute approximate surface area is 113 Å². The third kappa shape index (κ3) is 2.38. The van der Waals surface area contributed by atoms with Crippen LogP contribution in [-0.2, 0) is 0 Å². The van der Waals surface area contributed by atoms with Gasteiger partial charge in [0.1, 0.15) is 16.1 Å². The molecular formula is C12H12BrN3O2. The molecule has 0 aliphatic carbocycles. The van der Waals surface area contributed by atoms with Crippen molar-refractivity contribution in [2.45, 2.75) is 0 Å². The SMILES string of the molecule is COc1ccc(-c2nc(Br)cnc2N)cc1OC. The van der Waals surface area contributed by atoms with E-state index in [1.807, 2.05) is 12.1 Å². The van der Waals surface area contributed by atoms with Crippen molar-refractivity contribution in [2.24, 2.45) is 0 Å². The van der Waals surface area contributed by atoms with Gasteiger partial charge in [-0.1, -0.05) is 0 Å². The minimum absolute atomic E-state index is 0.366. The highest BCUT2D eigenvalue weighted by Crippen LogP contribution is 2.33. The number of hydrogen-bond acceptors (Lipinski definition) is 5. The number of nitrogens with two attached hydrogens (primary N) is 1. The number of ether oxygens (including phenoxy) is 2. The summed E-state index contributed by atoms with van der Waals surface area (Å²) >= 11 is 3.27. The zero-order valence-corrected chi connectivity index (χ0v) is 11.6. The fraction of sp³-hybridized carbons (Fsp3) is 0.167. The fourth-order valence-corrected chi connectivity index (χ4v) is 1.85. The molecule has 0 aliphatic rings. The molecule has 5 nitrogen and oxygen atoms in total. The molecule has 0 amide bonds.